The van der Waals surface area contributed by atoms with Crippen molar-refractivity contribution in [3.8, 4) is 0 Å². The van der Waals surface area contributed by atoms with Crippen molar-refractivity contribution in [3.05, 3.63) is 35.4 Å². The number of alkyl halides is 1. The summed E-state index contributed by atoms with van der Waals surface area (Å²) in [5, 5.41) is 3.19. The number of hydrogen-bond acceptors (Lipinski definition) is 2. The Hall–Kier alpha value is -1.62. The van der Waals surface area contributed by atoms with Crippen molar-refractivity contribution < 1.29 is 4.39 Å². The summed E-state index contributed by atoms with van der Waals surface area (Å²) in [6.45, 7) is 7.20. The van der Waals surface area contributed by atoms with E-state index in [0.29, 0.717) is 19.5 Å². The lowest BCUT2D eigenvalue weighted by molar-refractivity contribution is 0.360. The van der Waals surface area contributed by atoms with Gasteiger partial charge >= 0.3 is 0 Å². The maximum absolute atomic E-state index is 12.9. The van der Waals surface area contributed by atoms with Crippen LogP contribution in [0.5, 0.6) is 0 Å². The molecule has 0 radical (unpaired) electrons. The van der Waals surface area contributed by atoms with Gasteiger partial charge in [-0.1, -0.05) is 45.0 Å². The number of hydrogen-bond donors (Lipinski definition) is 3. The molecule has 0 saturated heterocycles. The summed E-state index contributed by atoms with van der Waals surface area (Å²) < 4.78 is 12.9. The maximum atomic E-state index is 12.9. The van der Waals surface area contributed by atoms with Crippen LogP contribution in [0, 0.1) is 0 Å². The van der Waals surface area contributed by atoms with Crippen molar-refractivity contribution in [2.24, 2.45) is 16.5 Å². The van der Waals surface area contributed by atoms with Gasteiger partial charge in [-0.3, -0.25) is 4.99 Å². The zero-order valence-corrected chi connectivity index (χ0v) is 13.2. The van der Waals surface area contributed by atoms with Crippen molar-refractivity contribution in [1.29, 1.82) is 0 Å². The molecule has 1 atom stereocenters. The van der Waals surface area contributed by atoms with Crippen molar-refractivity contribution >= 4 is 5.96 Å². The third kappa shape index (κ3) is 6.58. The zero-order valence-electron chi connectivity index (χ0n) is 13.2. The fourth-order valence-corrected chi connectivity index (χ4v) is 1.97. The SMILES string of the molecule is CC(C)(C)c1ccc(CNC(CF)CCN=C(N)N)cc1. The Kier molecular flexibility index (Phi) is 6.62. The summed E-state index contributed by atoms with van der Waals surface area (Å²) in [6, 6.07) is 8.19. The fraction of sp³-hybridized carbons (Fsp3) is 0.562. The number of benzene rings is 1. The Morgan fingerprint density at radius 2 is 1.86 bits per heavy atom. The monoisotopic (exact) mass is 294 g/mol. The number of rotatable bonds is 7. The number of halogens is 1. The van der Waals surface area contributed by atoms with Gasteiger partial charge in [0.1, 0.15) is 6.67 Å². The molecule has 0 amide bonds. The molecule has 0 spiro atoms. The summed E-state index contributed by atoms with van der Waals surface area (Å²) in [4.78, 5) is 3.87. The number of nitrogens with two attached hydrogens (primary N) is 2. The Bertz CT molecular complexity index is 444. The normalized spacial score (nSPS) is 13.0. The van der Waals surface area contributed by atoms with Crippen LogP contribution in [0.3, 0.4) is 0 Å². The van der Waals surface area contributed by atoms with Gasteiger partial charge in [-0.15, -0.1) is 0 Å². The van der Waals surface area contributed by atoms with Crippen molar-refractivity contribution in [1.82, 2.24) is 5.32 Å². The van der Waals surface area contributed by atoms with Crippen LogP contribution >= 0.6 is 0 Å². The van der Waals surface area contributed by atoms with E-state index in [1.165, 1.54) is 5.56 Å². The van der Waals surface area contributed by atoms with Gasteiger partial charge in [0.2, 0.25) is 0 Å². The molecule has 0 bridgehead atoms. The topological polar surface area (TPSA) is 76.4 Å². The second-order valence-corrected chi connectivity index (χ2v) is 6.27. The smallest absolute Gasteiger partial charge is 0.185 e. The third-order valence-corrected chi connectivity index (χ3v) is 3.37. The van der Waals surface area contributed by atoms with Crippen molar-refractivity contribution in [3.63, 3.8) is 0 Å². The molecule has 0 saturated carbocycles. The maximum Gasteiger partial charge on any atom is 0.185 e. The number of guanidine groups is 1. The van der Waals surface area contributed by atoms with E-state index in [1.54, 1.807) is 0 Å². The first-order valence-electron chi connectivity index (χ1n) is 7.27. The highest BCUT2D eigenvalue weighted by Crippen LogP contribution is 2.22. The van der Waals surface area contributed by atoms with Crippen LogP contribution in [0.4, 0.5) is 4.39 Å². The minimum atomic E-state index is -0.430. The molecule has 0 heterocycles. The lowest BCUT2D eigenvalue weighted by Gasteiger charge is -2.19. The van der Waals surface area contributed by atoms with Gasteiger partial charge in [0.05, 0.1) is 0 Å². The highest BCUT2D eigenvalue weighted by molar-refractivity contribution is 5.75. The fourth-order valence-electron chi connectivity index (χ4n) is 1.97. The van der Waals surface area contributed by atoms with E-state index in [-0.39, 0.29) is 17.4 Å². The van der Waals surface area contributed by atoms with Gasteiger partial charge < -0.3 is 16.8 Å². The van der Waals surface area contributed by atoms with Crippen molar-refractivity contribution in [2.75, 3.05) is 13.2 Å². The molecular weight excluding hydrogens is 267 g/mol. The quantitative estimate of drug-likeness (QED) is 0.532. The van der Waals surface area contributed by atoms with E-state index in [9.17, 15) is 4.39 Å². The molecule has 0 aliphatic heterocycles. The Morgan fingerprint density at radius 3 is 2.33 bits per heavy atom. The Labute approximate surface area is 126 Å². The highest BCUT2D eigenvalue weighted by Gasteiger charge is 2.13. The average molecular weight is 294 g/mol. The van der Waals surface area contributed by atoms with E-state index < -0.39 is 6.67 Å². The summed E-state index contributed by atoms with van der Waals surface area (Å²) in [7, 11) is 0. The molecule has 0 aromatic heterocycles. The van der Waals surface area contributed by atoms with Crippen LogP contribution in [0.2, 0.25) is 0 Å². The molecule has 4 nitrogen and oxygen atoms in total. The van der Waals surface area contributed by atoms with Gasteiger partial charge in [-0.25, -0.2) is 4.39 Å². The third-order valence-electron chi connectivity index (χ3n) is 3.37. The van der Waals surface area contributed by atoms with E-state index in [0.717, 1.165) is 5.56 Å². The second kappa shape index (κ2) is 7.98. The predicted octanol–water partition coefficient (Wildman–Crippen LogP) is 2.08. The molecule has 5 heteroatoms. The summed E-state index contributed by atoms with van der Waals surface area (Å²) in [5.41, 5.74) is 13.1. The molecule has 0 aliphatic carbocycles. The van der Waals surface area contributed by atoms with Crippen LogP contribution in [-0.4, -0.2) is 25.2 Å². The highest BCUT2D eigenvalue weighted by atomic mass is 19.1. The summed E-state index contributed by atoms with van der Waals surface area (Å²) >= 11 is 0. The largest absolute Gasteiger partial charge is 0.370 e. The summed E-state index contributed by atoms with van der Waals surface area (Å²) in [6.07, 6.45) is 0.578. The van der Waals surface area contributed by atoms with Crippen LogP contribution in [0.15, 0.2) is 29.3 Å². The standard InChI is InChI=1S/C16H27FN4/c1-16(2,3)13-6-4-12(5-7-13)11-21-14(10-17)8-9-20-15(18)19/h4-7,14,21H,8-11H2,1-3H3,(H4,18,19,20). The molecule has 118 valence electrons. The molecule has 1 aromatic rings. The molecule has 0 fully saturated rings. The van der Waals surface area contributed by atoms with Crippen LogP contribution in [0.25, 0.3) is 0 Å². The Morgan fingerprint density at radius 1 is 1.24 bits per heavy atom. The molecular formula is C16H27FN4. The van der Waals surface area contributed by atoms with Gasteiger partial charge in [0.15, 0.2) is 5.96 Å². The number of nitrogens with zero attached hydrogens (tertiary/aromatic N) is 1. The van der Waals surface area contributed by atoms with Gasteiger partial charge in [-0.05, 0) is 23.0 Å². The van der Waals surface area contributed by atoms with Crippen LogP contribution in [0.1, 0.15) is 38.3 Å². The molecule has 21 heavy (non-hydrogen) atoms. The van der Waals surface area contributed by atoms with E-state index in [4.69, 9.17) is 11.5 Å². The lowest BCUT2D eigenvalue weighted by Crippen LogP contribution is -2.32. The minimum Gasteiger partial charge on any atom is -0.370 e. The lowest BCUT2D eigenvalue weighted by atomic mass is 9.87. The molecule has 5 N–H and O–H groups in total. The van der Waals surface area contributed by atoms with Crippen molar-refractivity contribution in [2.45, 2.75) is 45.2 Å². The minimum absolute atomic E-state index is 0.0466. The predicted molar refractivity (Wildman–Crippen MR) is 87.0 cm³/mol. The zero-order chi connectivity index (χ0) is 15.9. The van der Waals surface area contributed by atoms with Crippen LogP contribution in [-0.2, 0) is 12.0 Å². The van der Waals surface area contributed by atoms with Gasteiger partial charge in [-0.2, -0.15) is 0 Å². The molecule has 1 aromatic carbocycles. The first-order chi connectivity index (χ1) is 9.82. The molecule has 0 aliphatic rings. The number of aliphatic imine (C=N–C) groups is 1. The molecule has 1 unspecified atom stereocenters. The Balaban J connectivity index is 2.47. The van der Waals surface area contributed by atoms with Crippen LogP contribution < -0.4 is 16.8 Å². The van der Waals surface area contributed by atoms with E-state index in [2.05, 4.69) is 55.3 Å². The molecule has 1 rings (SSSR count). The van der Waals surface area contributed by atoms with Gasteiger partial charge in [0, 0.05) is 19.1 Å². The van der Waals surface area contributed by atoms with E-state index >= 15 is 0 Å². The number of nitrogens with one attached hydrogen (secondary N) is 1. The van der Waals surface area contributed by atoms with E-state index in [1.807, 2.05) is 0 Å². The first-order valence-corrected chi connectivity index (χ1v) is 7.27. The van der Waals surface area contributed by atoms with Gasteiger partial charge in [0.25, 0.3) is 0 Å². The first kappa shape index (κ1) is 17.4. The second-order valence-electron chi connectivity index (χ2n) is 6.27. The summed E-state index contributed by atoms with van der Waals surface area (Å²) in [5.74, 6) is 0.0466. The average Bonchev–Trinajstić information content (AvgIpc) is 2.41.